The van der Waals surface area contributed by atoms with E-state index in [0.29, 0.717) is 11.5 Å². The van der Waals surface area contributed by atoms with Crippen molar-refractivity contribution in [3.63, 3.8) is 0 Å². The summed E-state index contributed by atoms with van der Waals surface area (Å²) in [5.74, 6) is 0.794. The minimum atomic E-state index is -4.70. The highest BCUT2D eigenvalue weighted by Gasteiger charge is 2.41. The van der Waals surface area contributed by atoms with E-state index in [4.69, 9.17) is 9.47 Å². The van der Waals surface area contributed by atoms with Gasteiger partial charge >= 0.3 is 6.36 Å². The third-order valence-corrected chi connectivity index (χ3v) is 7.21. The van der Waals surface area contributed by atoms with Crippen molar-refractivity contribution in [3.05, 3.63) is 76.0 Å². The summed E-state index contributed by atoms with van der Waals surface area (Å²) in [6.45, 7) is 3.64. The summed E-state index contributed by atoms with van der Waals surface area (Å²) in [5.41, 5.74) is 2.48. The van der Waals surface area contributed by atoms with Crippen molar-refractivity contribution >= 4 is 11.3 Å². The van der Waals surface area contributed by atoms with Crippen LogP contribution in [0.3, 0.4) is 0 Å². The van der Waals surface area contributed by atoms with Crippen molar-refractivity contribution in [1.82, 2.24) is 4.90 Å². The number of likely N-dealkylation sites (tertiary alicyclic amines) is 1. The Morgan fingerprint density at radius 1 is 0.909 bits per heavy atom. The van der Waals surface area contributed by atoms with Crippen molar-refractivity contribution in [3.8, 4) is 17.2 Å². The highest BCUT2D eigenvalue weighted by atomic mass is 32.1. The summed E-state index contributed by atoms with van der Waals surface area (Å²) in [6, 6.07) is 15.4. The number of halogens is 3. The third-order valence-electron chi connectivity index (χ3n) is 6.23. The van der Waals surface area contributed by atoms with E-state index in [0.717, 1.165) is 45.5 Å². The van der Waals surface area contributed by atoms with Gasteiger partial charge in [0.15, 0.2) is 0 Å². The van der Waals surface area contributed by atoms with E-state index in [9.17, 15) is 13.2 Å². The van der Waals surface area contributed by atoms with Gasteiger partial charge in [0.05, 0.1) is 12.2 Å². The van der Waals surface area contributed by atoms with Crippen LogP contribution in [-0.2, 0) is 23.3 Å². The molecule has 8 heteroatoms. The molecule has 0 atom stereocenters. The van der Waals surface area contributed by atoms with Crippen LogP contribution in [-0.4, -0.2) is 31.0 Å². The fourth-order valence-corrected chi connectivity index (χ4v) is 5.56. The highest BCUT2D eigenvalue weighted by Crippen LogP contribution is 2.43. The first-order valence-corrected chi connectivity index (χ1v) is 11.8. The average Bonchev–Trinajstić information content (AvgIpc) is 3.28. The van der Waals surface area contributed by atoms with Crippen molar-refractivity contribution in [2.75, 3.05) is 19.7 Å². The highest BCUT2D eigenvalue weighted by molar-refractivity contribution is 7.10. The van der Waals surface area contributed by atoms with Crippen LogP contribution in [0.5, 0.6) is 17.2 Å². The molecule has 4 nitrogen and oxygen atoms in total. The Bertz CT molecular complexity index is 1070. The minimum Gasteiger partial charge on any atom is -0.457 e. The molecule has 33 heavy (non-hydrogen) atoms. The van der Waals surface area contributed by atoms with Crippen molar-refractivity contribution in [1.29, 1.82) is 0 Å². The molecule has 1 aromatic heterocycles. The van der Waals surface area contributed by atoms with Crippen LogP contribution in [0, 0.1) is 0 Å². The molecule has 3 aromatic rings. The maximum Gasteiger partial charge on any atom is 0.573 e. The van der Waals surface area contributed by atoms with Crippen molar-refractivity contribution < 1.29 is 27.4 Å². The van der Waals surface area contributed by atoms with Gasteiger partial charge in [-0.05, 0) is 71.8 Å². The van der Waals surface area contributed by atoms with E-state index in [1.165, 1.54) is 40.3 Å². The molecule has 1 saturated heterocycles. The number of benzene rings is 2. The summed E-state index contributed by atoms with van der Waals surface area (Å²) in [7, 11) is 0. The van der Waals surface area contributed by atoms with Crippen LogP contribution < -0.4 is 9.47 Å². The topological polar surface area (TPSA) is 30.9 Å². The summed E-state index contributed by atoms with van der Waals surface area (Å²) < 4.78 is 52.7. The van der Waals surface area contributed by atoms with Gasteiger partial charge in [-0.1, -0.05) is 12.1 Å². The first-order chi connectivity index (χ1) is 15.9. The average molecular weight is 476 g/mol. The smallest absolute Gasteiger partial charge is 0.457 e. The summed E-state index contributed by atoms with van der Waals surface area (Å²) in [6.07, 6.45) is -1.67. The molecule has 0 unspecified atom stereocenters. The number of thiophene rings is 1. The van der Waals surface area contributed by atoms with Crippen LogP contribution in [0.4, 0.5) is 13.2 Å². The van der Waals surface area contributed by atoms with Crippen molar-refractivity contribution in [2.24, 2.45) is 0 Å². The fraction of sp³-hybridized carbons (Fsp3) is 0.360. The van der Waals surface area contributed by atoms with Crippen LogP contribution >= 0.6 is 11.3 Å². The standard InChI is InChI=1S/C25H24F3NO3S/c26-25(27,28)32-21-7-5-20(6-8-21)31-19-3-1-18(2-4-19)17-29-13-11-24(12-14-29)22-10-16-33-23(22)9-15-30-24/h1-8,10,16H,9,11-15,17H2. The zero-order valence-electron chi connectivity index (χ0n) is 17.9. The number of nitrogens with zero attached hydrogens (tertiary/aromatic N) is 1. The Morgan fingerprint density at radius 3 is 2.21 bits per heavy atom. The molecular weight excluding hydrogens is 451 g/mol. The zero-order valence-corrected chi connectivity index (χ0v) is 18.8. The molecule has 0 bridgehead atoms. The number of rotatable bonds is 5. The maximum absolute atomic E-state index is 12.3. The Balaban J connectivity index is 1.15. The first-order valence-electron chi connectivity index (χ1n) is 10.9. The SMILES string of the molecule is FC(F)(F)Oc1ccc(Oc2ccc(CN3CCC4(CC3)OCCc3sccc34)cc2)cc1. The molecular formula is C25H24F3NO3S. The second-order valence-electron chi connectivity index (χ2n) is 8.39. The van der Waals surface area contributed by atoms with Gasteiger partial charge in [0, 0.05) is 30.9 Å². The van der Waals surface area contributed by atoms with E-state index in [1.807, 2.05) is 35.6 Å². The fourth-order valence-electron chi connectivity index (χ4n) is 4.61. The summed E-state index contributed by atoms with van der Waals surface area (Å²) in [5, 5.41) is 2.18. The monoisotopic (exact) mass is 475 g/mol. The normalized spacial score (nSPS) is 18.2. The molecule has 3 heterocycles. The maximum atomic E-state index is 12.3. The number of ether oxygens (including phenoxy) is 3. The molecule has 2 aromatic carbocycles. The Kier molecular flexibility index (Phi) is 6.07. The molecule has 0 aliphatic carbocycles. The van der Waals surface area contributed by atoms with Gasteiger partial charge in [0.1, 0.15) is 17.2 Å². The molecule has 1 fully saturated rings. The van der Waals surface area contributed by atoms with E-state index in [2.05, 4.69) is 21.1 Å². The van der Waals surface area contributed by atoms with Crippen molar-refractivity contribution in [2.45, 2.75) is 37.8 Å². The Morgan fingerprint density at radius 2 is 1.55 bits per heavy atom. The predicted octanol–water partition coefficient (Wildman–Crippen LogP) is 6.50. The van der Waals surface area contributed by atoms with Crippen LogP contribution in [0.25, 0.3) is 0 Å². The number of alkyl halides is 3. The van der Waals surface area contributed by atoms with Gasteiger partial charge < -0.3 is 14.2 Å². The summed E-state index contributed by atoms with van der Waals surface area (Å²) >= 11 is 1.84. The zero-order chi connectivity index (χ0) is 22.9. The van der Waals surface area contributed by atoms with E-state index >= 15 is 0 Å². The second-order valence-corrected chi connectivity index (χ2v) is 9.39. The lowest BCUT2D eigenvalue weighted by Gasteiger charge is -2.44. The molecule has 1 spiro atoms. The third kappa shape index (κ3) is 5.18. The van der Waals surface area contributed by atoms with Crippen LogP contribution in [0.1, 0.15) is 28.8 Å². The van der Waals surface area contributed by atoms with E-state index < -0.39 is 6.36 Å². The van der Waals surface area contributed by atoms with Gasteiger partial charge in [0.2, 0.25) is 0 Å². The lowest BCUT2D eigenvalue weighted by atomic mass is 9.82. The van der Waals surface area contributed by atoms with Gasteiger partial charge in [-0.25, -0.2) is 0 Å². The molecule has 0 radical (unpaired) electrons. The number of hydrogen-bond acceptors (Lipinski definition) is 5. The van der Waals surface area contributed by atoms with Crippen LogP contribution in [0.2, 0.25) is 0 Å². The quantitative estimate of drug-likeness (QED) is 0.421. The molecule has 2 aliphatic rings. The summed E-state index contributed by atoms with van der Waals surface area (Å²) in [4.78, 5) is 3.93. The molecule has 174 valence electrons. The van der Waals surface area contributed by atoms with Crippen LogP contribution in [0.15, 0.2) is 60.0 Å². The van der Waals surface area contributed by atoms with Gasteiger partial charge in [-0.3, -0.25) is 4.90 Å². The lowest BCUT2D eigenvalue weighted by molar-refractivity contribution is -0.274. The molecule has 0 amide bonds. The minimum absolute atomic E-state index is 0.109. The Labute approximate surface area is 194 Å². The van der Waals surface area contributed by atoms with Gasteiger partial charge in [-0.15, -0.1) is 24.5 Å². The van der Waals surface area contributed by atoms with E-state index in [1.54, 1.807) is 0 Å². The van der Waals surface area contributed by atoms with Gasteiger partial charge in [0.25, 0.3) is 0 Å². The second kappa shape index (κ2) is 9.00. The largest absolute Gasteiger partial charge is 0.573 e. The molecule has 2 aliphatic heterocycles. The number of piperidine rings is 1. The first kappa shape index (κ1) is 22.3. The van der Waals surface area contributed by atoms with Gasteiger partial charge in [-0.2, -0.15) is 0 Å². The molecule has 0 N–H and O–H groups in total. The van der Waals surface area contributed by atoms with E-state index in [-0.39, 0.29) is 11.4 Å². The number of fused-ring (bicyclic) bond motifs is 2. The molecule has 0 saturated carbocycles. The predicted molar refractivity (Wildman–Crippen MR) is 120 cm³/mol. The number of hydrogen-bond donors (Lipinski definition) is 0. The Hall–Kier alpha value is -2.55. The lowest BCUT2D eigenvalue weighted by Crippen LogP contribution is -2.45. The molecule has 5 rings (SSSR count).